The molecule has 1 aromatic carbocycles. The third-order valence-corrected chi connectivity index (χ3v) is 2.91. The third-order valence-electron chi connectivity index (χ3n) is 1.76. The Labute approximate surface area is 97.2 Å². The first-order valence-corrected chi connectivity index (χ1v) is 4.97. The highest BCUT2D eigenvalue weighted by Crippen LogP contribution is 2.35. The van der Waals surface area contributed by atoms with E-state index in [0.29, 0.717) is 20.6 Å². The quantitative estimate of drug-likeness (QED) is 0.815. The van der Waals surface area contributed by atoms with Gasteiger partial charge in [-0.3, -0.25) is 0 Å². The van der Waals surface area contributed by atoms with Gasteiger partial charge >= 0.3 is 0 Å². The maximum Gasteiger partial charge on any atom is 0.0655 e. The molecule has 74 valence electrons. The fraction of sp³-hybridized carbons (Fsp3) is 0.222. The Morgan fingerprint density at radius 2 is 1.86 bits per heavy atom. The lowest BCUT2D eigenvalue weighted by molar-refractivity contribution is 0.749. The molecule has 1 atom stereocenters. The topological polar surface area (TPSA) is 49.8 Å². The monoisotopic (exact) mass is 248 g/mol. The Balaban J connectivity index is 3.19. The average molecular weight is 250 g/mol. The summed E-state index contributed by atoms with van der Waals surface area (Å²) in [5.74, 6) is 0. The van der Waals surface area contributed by atoms with Crippen LogP contribution in [0.4, 0.5) is 0 Å². The highest BCUT2D eigenvalue weighted by molar-refractivity contribution is 6.44. The molecule has 0 radical (unpaired) electrons. The fourth-order valence-electron chi connectivity index (χ4n) is 1.08. The van der Waals surface area contributed by atoms with Crippen LogP contribution in [-0.4, -0.2) is 0 Å². The Morgan fingerprint density at radius 3 is 2.43 bits per heavy atom. The molecule has 2 nitrogen and oxygen atoms in total. The van der Waals surface area contributed by atoms with Gasteiger partial charge in [0.25, 0.3) is 0 Å². The predicted molar refractivity (Wildman–Crippen MR) is 58.6 cm³/mol. The summed E-state index contributed by atoms with van der Waals surface area (Å²) < 4.78 is 0. The molecular weight excluding hydrogens is 242 g/mol. The van der Waals surface area contributed by atoms with Crippen molar-refractivity contribution in [3.05, 3.63) is 32.8 Å². The fourth-order valence-corrected chi connectivity index (χ4v) is 1.90. The van der Waals surface area contributed by atoms with Crippen molar-refractivity contribution in [1.82, 2.24) is 0 Å². The third kappa shape index (κ3) is 2.31. The van der Waals surface area contributed by atoms with Crippen molar-refractivity contribution in [3.8, 4) is 6.07 Å². The van der Waals surface area contributed by atoms with Crippen molar-refractivity contribution in [2.75, 3.05) is 0 Å². The number of halogens is 3. The lowest BCUT2D eigenvalue weighted by Gasteiger charge is -2.13. The lowest BCUT2D eigenvalue weighted by Crippen LogP contribution is -2.10. The van der Waals surface area contributed by atoms with E-state index in [4.69, 9.17) is 45.8 Å². The number of nitrogens with zero attached hydrogens (tertiary/aromatic N) is 1. The molecule has 0 saturated carbocycles. The number of hydrogen-bond donors (Lipinski definition) is 1. The van der Waals surface area contributed by atoms with Gasteiger partial charge in [-0.05, 0) is 12.1 Å². The summed E-state index contributed by atoms with van der Waals surface area (Å²) in [5, 5.41) is 9.64. The minimum atomic E-state index is -0.501. The Kier molecular flexibility index (Phi) is 4.03. The molecule has 0 bridgehead atoms. The second-order valence-corrected chi connectivity index (χ2v) is 3.92. The molecule has 0 aliphatic carbocycles. The van der Waals surface area contributed by atoms with Gasteiger partial charge in [-0.25, -0.2) is 0 Å². The van der Waals surface area contributed by atoms with Crippen molar-refractivity contribution >= 4 is 34.8 Å². The zero-order valence-electron chi connectivity index (χ0n) is 7.10. The van der Waals surface area contributed by atoms with Crippen LogP contribution in [-0.2, 0) is 0 Å². The molecule has 1 rings (SSSR count). The van der Waals surface area contributed by atoms with Gasteiger partial charge in [0, 0.05) is 16.6 Å². The van der Waals surface area contributed by atoms with Crippen molar-refractivity contribution in [2.45, 2.75) is 12.5 Å². The molecule has 1 aromatic rings. The van der Waals surface area contributed by atoms with Gasteiger partial charge in [-0.2, -0.15) is 5.26 Å². The molecule has 0 aliphatic rings. The Hall–Kier alpha value is -0.460. The van der Waals surface area contributed by atoms with Crippen LogP contribution in [0.15, 0.2) is 12.1 Å². The largest absolute Gasteiger partial charge is 0.323 e. The van der Waals surface area contributed by atoms with Crippen LogP contribution in [0, 0.1) is 11.3 Å². The summed E-state index contributed by atoms with van der Waals surface area (Å²) in [6, 6.07) is 4.66. The van der Waals surface area contributed by atoms with Gasteiger partial charge in [0.15, 0.2) is 0 Å². The molecule has 0 saturated heterocycles. The number of nitrogens with two attached hydrogens (primary N) is 1. The highest BCUT2D eigenvalue weighted by atomic mass is 35.5. The first kappa shape index (κ1) is 11.6. The van der Waals surface area contributed by atoms with Crippen molar-refractivity contribution in [1.29, 1.82) is 5.26 Å². The van der Waals surface area contributed by atoms with Gasteiger partial charge in [0.2, 0.25) is 0 Å². The van der Waals surface area contributed by atoms with E-state index >= 15 is 0 Å². The van der Waals surface area contributed by atoms with Crippen LogP contribution < -0.4 is 5.73 Å². The lowest BCUT2D eigenvalue weighted by atomic mass is 10.1. The SMILES string of the molecule is N#CC[C@H](N)c1c(Cl)ccc(Cl)c1Cl. The molecule has 0 heterocycles. The molecule has 5 heteroatoms. The highest BCUT2D eigenvalue weighted by Gasteiger charge is 2.16. The number of benzene rings is 1. The maximum absolute atomic E-state index is 8.50. The van der Waals surface area contributed by atoms with E-state index in [-0.39, 0.29) is 6.42 Å². The summed E-state index contributed by atoms with van der Waals surface area (Å²) in [6.07, 6.45) is 0.153. The molecular formula is C9H7Cl3N2. The Bertz CT molecular complexity index is 384. The molecule has 0 unspecified atom stereocenters. The van der Waals surface area contributed by atoms with E-state index in [1.54, 1.807) is 12.1 Å². The van der Waals surface area contributed by atoms with Crippen LogP contribution >= 0.6 is 34.8 Å². The van der Waals surface area contributed by atoms with Crippen LogP contribution in [0.3, 0.4) is 0 Å². The molecule has 0 spiro atoms. The molecule has 0 aliphatic heterocycles. The molecule has 14 heavy (non-hydrogen) atoms. The average Bonchev–Trinajstić information content (AvgIpc) is 2.13. The van der Waals surface area contributed by atoms with Crippen LogP contribution in [0.1, 0.15) is 18.0 Å². The smallest absolute Gasteiger partial charge is 0.0655 e. The van der Waals surface area contributed by atoms with Crippen molar-refractivity contribution in [3.63, 3.8) is 0 Å². The first-order valence-electron chi connectivity index (χ1n) is 3.84. The van der Waals surface area contributed by atoms with Crippen LogP contribution in [0.5, 0.6) is 0 Å². The van der Waals surface area contributed by atoms with E-state index in [1.807, 2.05) is 6.07 Å². The normalized spacial score (nSPS) is 12.2. The van der Waals surface area contributed by atoms with E-state index in [0.717, 1.165) is 0 Å². The maximum atomic E-state index is 8.50. The summed E-state index contributed by atoms with van der Waals surface area (Å²) >= 11 is 17.6. The van der Waals surface area contributed by atoms with E-state index in [9.17, 15) is 0 Å². The summed E-state index contributed by atoms with van der Waals surface area (Å²) in [7, 11) is 0. The van der Waals surface area contributed by atoms with E-state index < -0.39 is 6.04 Å². The summed E-state index contributed by atoms with van der Waals surface area (Å²) in [6.45, 7) is 0. The molecule has 2 N–H and O–H groups in total. The zero-order chi connectivity index (χ0) is 10.7. The first-order chi connectivity index (χ1) is 6.57. The van der Waals surface area contributed by atoms with Crippen LogP contribution in [0.25, 0.3) is 0 Å². The second-order valence-electron chi connectivity index (χ2n) is 2.73. The van der Waals surface area contributed by atoms with E-state index in [1.165, 1.54) is 0 Å². The number of nitriles is 1. The standard InChI is InChI=1S/C9H7Cl3N2/c10-5-1-2-6(11)9(12)8(5)7(14)3-4-13/h1-2,7H,3,14H2/t7-/m0/s1. The minimum Gasteiger partial charge on any atom is -0.323 e. The van der Waals surface area contributed by atoms with Crippen LogP contribution in [0.2, 0.25) is 15.1 Å². The van der Waals surface area contributed by atoms with Gasteiger partial charge < -0.3 is 5.73 Å². The van der Waals surface area contributed by atoms with Crippen molar-refractivity contribution < 1.29 is 0 Å². The minimum absolute atomic E-state index is 0.153. The second kappa shape index (κ2) is 4.86. The molecule has 0 aromatic heterocycles. The van der Waals surface area contributed by atoms with Gasteiger partial charge in [0.1, 0.15) is 0 Å². The van der Waals surface area contributed by atoms with Gasteiger partial charge in [-0.1, -0.05) is 34.8 Å². The molecule has 0 amide bonds. The van der Waals surface area contributed by atoms with Crippen molar-refractivity contribution in [2.24, 2.45) is 5.73 Å². The number of rotatable bonds is 2. The summed E-state index contributed by atoms with van der Waals surface area (Å²) in [4.78, 5) is 0. The Morgan fingerprint density at radius 1 is 1.29 bits per heavy atom. The van der Waals surface area contributed by atoms with Gasteiger partial charge in [-0.15, -0.1) is 0 Å². The predicted octanol–water partition coefficient (Wildman–Crippen LogP) is 3.56. The zero-order valence-corrected chi connectivity index (χ0v) is 9.37. The molecule has 0 fully saturated rings. The number of hydrogen-bond acceptors (Lipinski definition) is 2. The summed E-state index contributed by atoms with van der Waals surface area (Å²) in [5.41, 5.74) is 6.26. The van der Waals surface area contributed by atoms with E-state index in [2.05, 4.69) is 0 Å². The van der Waals surface area contributed by atoms with Gasteiger partial charge in [0.05, 0.1) is 22.5 Å².